The summed E-state index contributed by atoms with van der Waals surface area (Å²) in [5.74, 6) is 0.962. The van der Waals surface area contributed by atoms with Crippen molar-refractivity contribution in [2.45, 2.75) is 25.8 Å². The van der Waals surface area contributed by atoms with E-state index in [-0.39, 0.29) is 11.6 Å². The molecule has 0 fully saturated rings. The number of thioether (sulfide) groups is 1. The number of ether oxygens (including phenoxy) is 1. The molecule has 1 aliphatic rings. The fourth-order valence-electron chi connectivity index (χ4n) is 1.78. The van der Waals surface area contributed by atoms with Gasteiger partial charge in [-0.1, -0.05) is 18.7 Å². The molecule has 2 rings (SSSR count). The van der Waals surface area contributed by atoms with Crippen LogP contribution in [-0.2, 0) is 0 Å². The third kappa shape index (κ3) is 3.16. The smallest absolute Gasteiger partial charge is 0.165 e. The van der Waals surface area contributed by atoms with Gasteiger partial charge in [0.25, 0.3) is 0 Å². The molecule has 1 atom stereocenters. The van der Waals surface area contributed by atoms with E-state index >= 15 is 0 Å². The minimum Gasteiger partial charge on any atom is -0.494 e. The van der Waals surface area contributed by atoms with Crippen molar-refractivity contribution in [1.29, 1.82) is 0 Å². The van der Waals surface area contributed by atoms with Crippen molar-refractivity contribution < 1.29 is 9.13 Å². The Morgan fingerprint density at radius 1 is 1.56 bits per heavy atom. The number of halogens is 1. The highest BCUT2D eigenvalue weighted by Gasteiger charge is 2.14. The summed E-state index contributed by atoms with van der Waals surface area (Å²) >= 11 is 1.70. The highest BCUT2D eigenvalue weighted by Crippen LogP contribution is 2.25. The van der Waals surface area contributed by atoms with E-state index in [9.17, 15) is 4.39 Å². The highest BCUT2D eigenvalue weighted by molar-refractivity contribution is 8.14. The van der Waals surface area contributed by atoms with E-state index in [4.69, 9.17) is 4.74 Å². The molecule has 1 aliphatic heterocycles. The summed E-state index contributed by atoms with van der Waals surface area (Å²) < 4.78 is 18.2. The lowest BCUT2D eigenvalue weighted by Crippen LogP contribution is -2.19. The van der Waals surface area contributed by atoms with Crippen LogP contribution >= 0.6 is 11.8 Å². The minimum absolute atomic E-state index is 0.244. The van der Waals surface area contributed by atoms with Crippen molar-refractivity contribution in [2.24, 2.45) is 4.99 Å². The van der Waals surface area contributed by atoms with Gasteiger partial charge >= 0.3 is 0 Å². The van der Waals surface area contributed by atoms with Crippen LogP contribution in [0.3, 0.4) is 0 Å². The number of aliphatic imine (C=N–C) groups is 1. The number of benzene rings is 1. The van der Waals surface area contributed by atoms with Crippen LogP contribution < -0.4 is 10.1 Å². The first-order valence-electron chi connectivity index (χ1n) is 6.04. The standard InChI is InChI=1S/C13H17FN2OS/c1-3-9-6-7-18-13(15-9)16-10-4-5-11(14)12(8-10)17-2/h4-5,8-9H,3,6-7H2,1-2H3,(H,15,16). The molecule has 0 bridgehead atoms. The number of hydrogen-bond donors (Lipinski definition) is 1. The molecule has 0 aromatic heterocycles. The summed E-state index contributed by atoms with van der Waals surface area (Å²) in [6.45, 7) is 2.14. The van der Waals surface area contributed by atoms with Crippen molar-refractivity contribution in [3.8, 4) is 5.75 Å². The molecule has 0 saturated heterocycles. The summed E-state index contributed by atoms with van der Waals surface area (Å²) in [6, 6.07) is 5.13. The molecule has 1 heterocycles. The van der Waals surface area contributed by atoms with Gasteiger partial charge in [-0.3, -0.25) is 4.99 Å². The molecule has 0 spiro atoms. The number of hydrogen-bond acceptors (Lipinski definition) is 4. The van der Waals surface area contributed by atoms with E-state index in [0.29, 0.717) is 6.04 Å². The summed E-state index contributed by atoms with van der Waals surface area (Å²) in [5.41, 5.74) is 0.802. The zero-order valence-electron chi connectivity index (χ0n) is 10.6. The van der Waals surface area contributed by atoms with Gasteiger partial charge in [0, 0.05) is 17.5 Å². The lowest BCUT2D eigenvalue weighted by molar-refractivity contribution is 0.387. The van der Waals surface area contributed by atoms with Gasteiger partial charge in [-0.25, -0.2) is 4.39 Å². The molecule has 0 amide bonds. The largest absolute Gasteiger partial charge is 0.494 e. The Morgan fingerprint density at radius 3 is 3.11 bits per heavy atom. The first-order chi connectivity index (χ1) is 8.72. The van der Waals surface area contributed by atoms with E-state index in [0.717, 1.165) is 29.4 Å². The van der Waals surface area contributed by atoms with Crippen LogP contribution in [0.25, 0.3) is 0 Å². The van der Waals surface area contributed by atoms with Crippen LogP contribution in [0.4, 0.5) is 10.1 Å². The fraction of sp³-hybridized carbons (Fsp3) is 0.462. The molecule has 1 aromatic carbocycles. The van der Waals surface area contributed by atoms with Crippen molar-refractivity contribution in [1.82, 2.24) is 0 Å². The fourth-order valence-corrected chi connectivity index (χ4v) is 2.78. The van der Waals surface area contributed by atoms with E-state index in [2.05, 4.69) is 17.2 Å². The molecule has 1 N–H and O–H groups in total. The molecule has 98 valence electrons. The highest BCUT2D eigenvalue weighted by atomic mass is 32.2. The van der Waals surface area contributed by atoms with Crippen molar-refractivity contribution >= 4 is 22.6 Å². The average molecular weight is 268 g/mol. The maximum atomic E-state index is 13.3. The van der Waals surface area contributed by atoms with Gasteiger partial charge in [0.15, 0.2) is 16.7 Å². The third-order valence-corrected chi connectivity index (χ3v) is 3.78. The normalized spacial score (nSPS) is 19.3. The van der Waals surface area contributed by atoms with Gasteiger partial charge in [0.05, 0.1) is 13.2 Å². The molecule has 3 nitrogen and oxygen atoms in total. The van der Waals surface area contributed by atoms with Crippen LogP contribution in [0.1, 0.15) is 19.8 Å². The number of nitrogens with zero attached hydrogens (tertiary/aromatic N) is 1. The van der Waals surface area contributed by atoms with E-state index in [1.165, 1.54) is 13.2 Å². The molecule has 0 saturated carbocycles. The maximum Gasteiger partial charge on any atom is 0.165 e. The Morgan fingerprint density at radius 2 is 2.39 bits per heavy atom. The number of nitrogens with one attached hydrogen (secondary N) is 1. The second-order valence-corrected chi connectivity index (χ2v) is 5.19. The monoisotopic (exact) mass is 268 g/mol. The average Bonchev–Trinajstić information content (AvgIpc) is 2.41. The minimum atomic E-state index is -0.354. The van der Waals surface area contributed by atoms with Gasteiger partial charge < -0.3 is 10.1 Å². The Labute approximate surface area is 111 Å². The Bertz CT molecular complexity index is 451. The van der Waals surface area contributed by atoms with Gasteiger partial charge in [-0.05, 0) is 25.0 Å². The Kier molecular flexibility index (Phi) is 4.47. The van der Waals surface area contributed by atoms with Crippen molar-refractivity contribution in [3.05, 3.63) is 24.0 Å². The van der Waals surface area contributed by atoms with E-state index < -0.39 is 0 Å². The number of rotatable bonds is 3. The molecule has 1 aromatic rings. The molecule has 1 unspecified atom stereocenters. The van der Waals surface area contributed by atoms with E-state index in [1.54, 1.807) is 23.9 Å². The summed E-state index contributed by atoms with van der Waals surface area (Å²) in [4.78, 5) is 4.61. The quantitative estimate of drug-likeness (QED) is 0.910. The van der Waals surface area contributed by atoms with Crippen LogP contribution in [0.2, 0.25) is 0 Å². The molecule has 18 heavy (non-hydrogen) atoms. The Balaban J connectivity index is 2.11. The number of amidine groups is 1. The lowest BCUT2D eigenvalue weighted by Gasteiger charge is -2.19. The first kappa shape index (κ1) is 13.2. The summed E-state index contributed by atoms with van der Waals surface area (Å²) in [6.07, 6.45) is 2.18. The van der Waals surface area contributed by atoms with Crippen LogP contribution in [0, 0.1) is 5.82 Å². The zero-order valence-corrected chi connectivity index (χ0v) is 11.4. The van der Waals surface area contributed by atoms with Gasteiger partial charge in [-0.2, -0.15) is 0 Å². The molecular formula is C13H17FN2OS. The second kappa shape index (κ2) is 6.09. The predicted octanol–water partition coefficient (Wildman–Crippen LogP) is 3.52. The van der Waals surface area contributed by atoms with Crippen LogP contribution in [-0.4, -0.2) is 24.1 Å². The molecule has 0 radical (unpaired) electrons. The first-order valence-corrected chi connectivity index (χ1v) is 7.02. The second-order valence-electron chi connectivity index (χ2n) is 4.11. The number of methoxy groups -OCH3 is 1. The van der Waals surface area contributed by atoms with Crippen LogP contribution in [0.15, 0.2) is 23.2 Å². The topological polar surface area (TPSA) is 33.6 Å². The third-order valence-electron chi connectivity index (χ3n) is 2.86. The van der Waals surface area contributed by atoms with Crippen LogP contribution in [0.5, 0.6) is 5.75 Å². The van der Waals surface area contributed by atoms with Gasteiger partial charge in [0.2, 0.25) is 0 Å². The maximum absolute atomic E-state index is 13.3. The molecule has 0 aliphatic carbocycles. The molecular weight excluding hydrogens is 251 g/mol. The lowest BCUT2D eigenvalue weighted by atomic mass is 10.2. The number of anilines is 1. The van der Waals surface area contributed by atoms with Crippen molar-refractivity contribution in [3.63, 3.8) is 0 Å². The Hall–Kier alpha value is -1.23. The SMILES string of the molecule is CCC1CCSC(Nc2ccc(F)c(OC)c2)=N1. The van der Waals surface area contributed by atoms with Gasteiger partial charge in [0.1, 0.15) is 0 Å². The summed E-state index contributed by atoms with van der Waals surface area (Å²) in [5, 5.41) is 4.12. The predicted molar refractivity (Wildman–Crippen MR) is 75.2 cm³/mol. The van der Waals surface area contributed by atoms with E-state index in [1.807, 2.05) is 0 Å². The van der Waals surface area contributed by atoms with Gasteiger partial charge in [-0.15, -0.1) is 0 Å². The zero-order chi connectivity index (χ0) is 13.0. The summed E-state index contributed by atoms with van der Waals surface area (Å²) in [7, 11) is 1.46. The van der Waals surface area contributed by atoms with Crippen molar-refractivity contribution in [2.75, 3.05) is 18.2 Å². The molecule has 5 heteroatoms.